The van der Waals surface area contributed by atoms with Crippen LogP contribution in [0.4, 0.5) is 27.6 Å². The first-order chi connectivity index (χ1) is 10.7. The fourth-order valence-electron chi connectivity index (χ4n) is 1.81. The minimum atomic E-state index is -4.67. The molecule has 122 valence electrons. The second kappa shape index (κ2) is 6.11. The minimum Gasteiger partial charge on any atom is -0.507 e. The number of carbonyl (C=O) groups excluding carboxylic acids is 1. The molecular weight excluding hydrogens is 323 g/mol. The Bertz CT molecular complexity index is 723. The average Bonchev–Trinajstić information content (AvgIpc) is 2.43. The van der Waals surface area contributed by atoms with Gasteiger partial charge in [-0.05, 0) is 12.1 Å². The maximum atomic E-state index is 13.5. The Morgan fingerprint density at radius 3 is 2.35 bits per heavy atom. The standard InChI is InChI=1S/C14H9F5N2O2/c15-7-5-9(16)12(11(22)6-7)13(23)21-20-10-4-2-1-3-8(10)14(17,18)19/h1-6,20,22H,(H,21,23). The van der Waals surface area contributed by atoms with Crippen molar-refractivity contribution < 1.29 is 31.9 Å². The van der Waals surface area contributed by atoms with Gasteiger partial charge >= 0.3 is 6.18 Å². The van der Waals surface area contributed by atoms with Crippen molar-refractivity contribution in [2.75, 3.05) is 5.43 Å². The van der Waals surface area contributed by atoms with E-state index in [1.165, 1.54) is 6.07 Å². The summed E-state index contributed by atoms with van der Waals surface area (Å²) in [7, 11) is 0. The van der Waals surface area contributed by atoms with Crippen LogP contribution in [0.2, 0.25) is 0 Å². The summed E-state index contributed by atoms with van der Waals surface area (Å²) in [5.74, 6) is -4.71. The quantitative estimate of drug-likeness (QED) is 0.596. The molecule has 4 nitrogen and oxygen atoms in total. The van der Waals surface area contributed by atoms with E-state index in [1.807, 2.05) is 10.9 Å². The van der Waals surface area contributed by atoms with E-state index in [-0.39, 0.29) is 0 Å². The monoisotopic (exact) mass is 332 g/mol. The molecule has 1 amide bonds. The lowest BCUT2D eigenvalue weighted by Crippen LogP contribution is -2.31. The molecule has 0 fully saturated rings. The van der Waals surface area contributed by atoms with Crippen LogP contribution in [0.3, 0.4) is 0 Å². The molecule has 0 bridgehead atoms. The number of rotatable bonds is 3. The third kappa shape index (κ3) is 3.68. The van der Waals surface area contributed by atoms with E-state index >= 15 is 0 Å². The van der Waals surface area contributed by atoms with Gasteiger partial charge in [-0.3, -0.25) is 15.6 Å². The molecule has 0 aromatic heterocycles. The number of phenolic OH excluding ortho intramolecular Hbond substituents is 1. The SMILES string of the molecule is O=C(NNc1ccccc1C(F)(F)F)c1c(O)cc(F)cc1F. The van der Waals surface area contributed by atoms with Gasteiger partial charge in [-0.25, -0.2) is 8.78 Å². The van der Waals surface area contributed by atoms with Crippen molar-refractivity contribution >= 4 is 11.6 Å². The Hall–Kier alpha value is -2.84. The largest absolute Gasteiger partial charge is 0.507 e. The number of phenols is 1. The molecule has 0 aliphatic heterocycles. The number of halogens is 5. The molecule has 0 spiro atoms. The van der Waals surface area contributed by atoms with Crippen molar-refractivity contribution in [1.82, 2.24) is 5.43 Å². The minimum absolute atomic E-state index is 0.359. The molecule has 2 rings (SSSR count). The van der Waals surface area contributed by atoms with Crippen molar-refractivity contribution in [1.29, 1.82) is 0 Å². The molecule has 0 saturated heterocycles. The molecule has 0 atom stereocenters. The molecular formula is C14H9F5N2O2. The van der Waals surface area contributed by atoms with E-state index in [9.17, 15) is 31.9 Å². The number of alkyl halides is 3. The van der Waals surface area contributed by atoms with Gasteiger partial charge in [0.2, 0.25) is 0 Å². The summed E-state index contributed by atoms with van der Waals surface area (Å²) in [5.41, 5.74) is 1.39. The topological polar surface area (TPSA) is 61.4 Å². The number of carbonyl (C=O) groups is 1. The van der Waals surface area contributed by atoms with Crippen LogP contribution >= 0.6 is 0 Å². The lowest BCUT2D eigenvalue weighted by atomic mass is 10.1. The molecule has 2 aromatic carbocycles. The molecule has 23 heavy (non-hydrogen) atoms. The lowest BCUT2D eigenvalue weighted by molar-refractivity contribution is -0.137. The molecule has 2 aromatic rings. The van der Waals surface area contributed by atoms with Crippen LogP contribution in [0, 0.1) is 11.6 Å². The van der Waals surface area contributed by atoms with E-state index in [4.69, 9.17) is 0 Å². The highest BCUT2D eigenvalue weighted by Gasteiger charge is 2.33. The fraction of sp³-hybridized carbons (Fsp3) is 0.0714. The summed E-state index contributed by atoms with van der Waals surface area (Å²) in [5, 5.41) is 9.38. The zero-order valence-corrected chi connectivity index (χ0v) is 11.2. The highest BCUT2D eigenvalue weighted by Crippen LogP contribution is 2.34. The van der Waals surface area contributed by atoms with Crippen LogP contribution in [0.1, 0.15) is 15.9 Å². The summed E-state index contributed by atoms with van der Waals surface area (Å²) in [6.07, 6.45) is -4.67. The lowest BCUT2D eigenvalue weighted by Gasteiger charge is -2.15. The van der Waals surface area contributed by atoms with E-state index in [0.717, 1.165) is 18.2 Å². The van der Waals surface area contributed by atoms with Crippen LogP contribution in [0.25, 0.3) is 0 Å². The number of hydrazine groups is 1. The fourth-order valence-corrected chi connectivity index (χ4v) is 1.81. The van der Waals surface area contributed by atoms with Crippen LogP contribution in [-0.4, -0.2) is 11.0 Å². The predicted molar refractivity (Wildman–Crippen MR) is 70.6 cm³/mol. The summed E-state index contributed by atoms with van der Waals surface area (Å²) in [4.78, 5) is 11.8. The number of para-hydroxylation sites is 1. The Labute approximate surface area is 126 Å². The third-order valence-corrected chi connectivity index (χ3v) is 2.80. The molecule has 0 heterocycles. The molecule has 0 radical (unpaired) electrons. The van der Waals surface area contributed by atoms with Crippen molar-refractivity contribution in [3.8, 4) is 5.75 Å². The highest BCUT2D eigenvalue weighted by atomic mass is 19.4. The Balaban J connectivity index is 2.21. The smallest absolute Gasteiger partial charge is 0.418 e. The Kier molecular flexibility index (Phi) is 4.39. The van der Waals surface area contributed by atoms with Gasteiger partial charge in [0.05, 0.1) is 11.3 Å². The van der Waals surface area contributed by atoms with Gasteiger partial charge in [-0.1, -0.05) is 12.1 Å². The van der Waals surface area contributed by atoms with E-state index < -0.39 is 46.3 Å². The van der Waals surface area contributed by atoms with Crippen molar-refractivity contribution in [2.45, 2.75) is 6.18 Å². The average molecular weight is 332 g/mol. The van der Waals surface area contributed by atoms with Crippen LogP contribution < -0.4 is 10.9 Å². The van der Waals surface area contributed by atoms with Gasteiger partial charge in [0.25, 0.3) is 5.91 Å². The third-order valence-electron chi connectivity index (χ3n) is 2.80. The normalized spacial score (nSPS) is 11.2. The number of anilines is 1. The maximum Gasteiger partial charge on any atom is 0.418 e. The maximum absolute atomic E-state index is 13.5. The molecule has 9 heteroatoms. The van der Waals surface area contributed by atoms with Gasteiger partial charge in [0, 0.05) is 12.1 Å². The number of hydrogen-bond acceptors (Lipinski definition) is 3. The zero-order valence-electron chi connectivity index (χ0n) is 11.2. The molecule has 0 unspecified atom stereocenters. The second-order valence-corrected chi connectivity index (χ2v) is 4.40. The van der Waals surface area contributed by atoms with Crippen molar-refractivity contribution in [3.05, 3.63) is 59.2 Å². The molecule has 0 saturated carbocycles. The van der Waals surface area contributed by atoms with Crippen molar-refractivity contribution in [2.24, 2.45) is 0 Å². The van der Waals surface area contributed by atoms with Crippen molar-refractivity contribution in [3.63, 3.8) is 0 Å². The first kappa shape index (κ1) is 16.5. The molecule has 0 aliphatic rings. The van der Waals surface area contributed by atoms with Gasteiger partial charge < -0.3 is 5.11 Å². The predicted octanol–water partition coefficient (Wildman–Crippen LogP) is 3.45. The van der Waals surface area contributed by atoms with Crippen LogP contribution in [-0.2, 0) is 6.18 Å². The number of benzene rings is 2. The summed E-state index contributed by atoms with van der Waals surface area (Å²) < 4.78 is 64.6. The second-order valence-electron chi connectivity index (χ2n) is 4.40. The first-order valence-corrected chi connectivity index (χ1v) is 6.10. The van der Waals surface area contributed by atoms with Gasteiger partial charge in [-0.2, -0.15) is 13.2 Å². The summed E-state index contributed by atoms with van der Waals surface area (Å²) in [6.45, 7) is 0. The Morgan fingerprint density at radius 1 is 1.09 bits per heavy atom. The van der Waals surface area contributed by atoms with Crippen LogP contribution in [0.15, 0.2) is 36.4 Å². The van der Waals surface area contributed by atoms with E-state index in [0.29, 0.717) is 12.1 Å². The highest BCUT2D eigenvalue weighted by molar-refractivity contribution is 5.97. The van der Waals surface area contributed by atoms with Crippen LogP contribution in [0.5, 0.6) is 5.75 Å². The summed E-state index contributed by atoms with van der Waals surface area (Å²) >= 11 is 0. The molecule has 3 N–H and O–H groups in total. The summed E-state index contributed by atoms with van der Waals surface area (Å²) in [6, 6.07) is 5.13. The first-order valence-electron chi connectivity index (χ1n) is 6.10. The number of aromatic hydroxyl groups is 1. The van der Waals surface area contributed by atoms with E-state index in [2.05, 4.69) is 0 Å². The number of hydrogen-bond donors (Lipinski definition) is 3. The van der Waals surface area contributed by atoms with E-state index in [1.54, 1.807) is 0 Å². The van der Waals surface area contributed by atoms with Gasteiger partial charge in [0.15, 0.2) is 0 Å². The number of nitrogens with one attached hydrogen (secondary N) is 2. The Morgan fingerprint density at radius 2 is 1.74 bits per heavy atom. The zero-order chi connectivity index (χ0) is 17.2. The van der Waals surface area contributed by atoms with Gasteiger partial charge in [-0.15, -0.1) is 0 Å². The molecule has 0 aliphatic carbocycles. The van der Waals surface area contributed by atoms with Gasteiger partial charge in [0.1, 0.15) is 22.9 Å². The number of amides is 1.